The highest BCUT2D eigenvalue weighted by molar-refractivity contribution is 7.89. The molecule has 0 aliphatic carbocycles. The zero-order valence-corrected chi connectivity index (χ0v) is 21.6. The van der Waals surface area contributed by atoms with Gasteiger partial charge in [-0.3, -0.25) is 4.79 Å². The molecule has 0 spiro atoms. The molecule has 1 amide bonds. The summed E-state index contributed by atoms with van der Waals surface area (Å²) in [5.41, 5.74) is 2.72. The SMILES string of the molecule is COc1ccc(OC)c(/C=N\NC(=O)CN(Cc2c(F)cccc2Cl)S(=O)(=O)c2ccc(Cl)cc2)c1. The van der Waals surface area contributed by atoms with Crippen molar-refractivity contribution in [2.45, 2.75) is 11.4 Å². The Morgan fingerprint density at radius 2 is 1.81 bits per heavy atom. The maximum atomic E-state index is 14.4. The lowest BCUT2D eigenvalue weighted by molar-refractivity contribution is -0.121. The number of carbonyl (C=O) groups excluding carboxylic acids is 1. The highest BCUT2D eigenvalue weighted by Crippen LogP contribution is 2.25. The summed E-state index contributed by atoms with van der Waals surface area (Å²) in [4.78, 5) is 12.6. The van der Waals surface area contributed by atoms with E-state index in [1.54, 1.807) is 18.2 Å². The van der Waals surface area contributed by atoms with Gasteiger partial charge in [0.25, 0.3) is 5.91 Å². The smallest absolute Gasteiger partial charge is 0.255 e. The van der Waals surface area contributed by atoms with Gasteiger partial charge in [-0.05, 0) is 54.6 Å². The maximum absolute atomic E-state index is 14.4. The summed E-state index contributed by atoms with van der Waals surface area (Å²) in [6.07, 6.45) is 1.32. The third kappa shape index (κ3) is 6.73. The minimum Gasteiger partial charge on any atom is -0.497 e. The number of amides is 1. The second kappa shape index (κ2) is 12.2. The Kier molecular flexibility index (Phi) is 9.27. The van der Waals surface area contributed by atoms with Crippen molar-refractivity contribution in [2.24, 2.45) is 5.10 Å². The molecule has 0 fully saturated rings. The van der Waals surface area contributed by atoms with E-state index < -0.39 is 34.8 Å². The van der Waals surface area contributed by atoms with Crippen molar-refractivity contribution >= 4 is 45.3 Å². The Morgan fingerprint density at radius 3 is 2.44 bits per heavy atom. The molecule has 1 N–H and O–H groups in total. The normalized spacial score (nSPS) is 11.6. The van der Waals surface area contributed by atoms with E-state index >= 15 is 0 Å². The van der Waals surface area contributed by atoms with Gasteiger partial charge in [-0.2, -0.15) is 9.41 Å². The van der Waals surface area contributed by atoms with Crippen LogP contribution in [0.15, 0.2) is 70.7 Å². The maximum Gasteiger partial charge on any atom is 0.255 e. The van der Waals surface area contributed by atoms with Gasteiger partial charge in [0.15, 0.2) is 0 Å². The summed E-state index contributed by atoms with van der Waals surface area (Å²) in [7, 11) is -1.26. The predicted octanol–water partition coefficient (Wildman–Crippen LogP) is 4.49. The van der Waals surface area contributed by atoms with Crippen LogP contribution < -0.4 is 14.9 Å². The Balaban J connectivity index is 1.85. The molecule has 3 rings (SSSR count). The molecule has 3 aromatic carbocycles. The monoisotopic (exact) mass is 553 g/mol. The zero-order valence-electron chi connectivity index (χ0n) is 19.2. The van der Waals surface area contributed by atoms with Gasteiger partial charge in [-0.1, -0.05) is 29.3 Å². The standard InChI is InChI=1S/C24H22Cl2FN3O5S/c1-34-18-8-11-23(35-2)16(12-18)13-28-29-24(31)15-30(14-20-21(26)4-3-5-22(20)27)36(32,33)19-9-6-17(25)7-10-19/h3-13H,14-15H2,1-2H3,(H,29,31)/b28-13-. The van der Waals surface area contributed by atoms with E-state index in [4.69, 9.17) is 32.7 Å². The summed E-state index contributed by atoms with van der Waals surface area (Å²) in [5.74, 6) is -0.444. The van der Waals surface area contributed by atoms with E-state index in [9.17, 15) is 17.6 Å². The molecular formula is C24H22Cl2FN3O5S. The molecule has 0 aliphatic heterocycles. The van der Waals surface area contributed by atoms with Gasteiger partial charge in [-0.25, -0.2) is 18.2 Å². The lowest BCUT2D eigenvalue weighted by atomic mass is 10.2. The summed E-state index contributed by atoms with van der Waals surface area (Å²) in [5, 5.41) is 4.24. The topological polar surface area (TPSA) is 97.3 Å². The van der Waals surface area contributed by atoms with Crippen molar-refractivity contribution in [3.8, 4) is 11.5 Å². The largest absolute Gasteiger partial charge is 0.497 e. The number of nitrogens with one attached hydrogen (secondary N) is 1. The van der Waals surface area contributed by atoms with Crippen LogP contribution in [0.2, 0.25) is 10.0 Å². The summed E-state index contributed by atoms with van der Waals surface area (Å²) < 4.78 is 52.3. The molecule has 0 atom stereocenters. The number of sulfonamides is 1. The Morgan fingerprint density at radius 1 is 1.08 bits per heavy atom. The molecular weight excluding hydrogens is 532 g/mol. The average molecular weight is 554 g/mol. The molecule has 190 valence electrons. The van der Waals surface area contributed by atoms with Crippen LogP contribution in [0.1, 0.15) is 11.1 Å². The van der Waals surface area contributed by atoms with Gasteiger partial charge in [0.05, 0.1) is 31.9 Å². The number of hydrazone groups is 1. The fourth-order valence-corrected chi connectivity index (χ4v) is 4.86. The second-order valence-electron chi connectivity index (χ2n) is 7.33. The number of carbonyl (C=O) groups is 1. The number of rotatable bonds is 10. The molecule has 0 heterocycles. The van der Waals surface area contributed by atoms with Crippen molar-refractivity contribution in [3.63, 3.8) is 0 Å². The Hall–Kier alpha value is -3.18. The highest BCUT2D eigenvalue weighted by Gasteiger charge is 2.28. The summed E-state index contributed by atoms with van der Waals surface area (Å²) in [6, 6.07) is 14.4. The highest BCUT2D eigenvalue weighted by atomic mass is 35.5. The van der Waals surface area contributed by atoms with Crippen LogP contribution in [0.3, 0.4) is 0 Å². The van der Waals surface area contributed by atoms with Crippen molar-refractivity contribution in [3.05, 3.63) is 87.7 Å². The first kappa shape index (κ1) is 27.4. The van der Waals surface area contributed by atoms with E-state index in [0.29, 0.717) is 22.1 Å². The number of nitrogens with zero attached hydrogens (tertiary/aromatic N) is 2. The quantitative estimate of drug-likeness (QED) is 0.294. The van der Waals surface area contributed by atoms with Gasteiger partial charge in [0.2, 0.25) is 10.0 Å². The molecule has 0 aliphatic rings. The number of hydrogen-bond acceptors (Lipinski definition) is 6. The molecule has 12 heteroatoms. The van der Waals surface area contributed by atoms with Crippen LogP contribution in [-0.4, -0.2) is 45.6 Å². The fourth-order valence-electron chi connectivity index (χ4n) is 3.15. The summed E-state index contributed by atoms with van der Waals surface area (Å²) in [6.45, 7) is -1.15. The second-order valence-corrected chi connectivity index (χ2v) is 10.1. The Bertz CT molecular complexity index is 1350. The zero-order chi connectivity index (χ0) is 26.3. The van der Waals surface area contributed by atoms with Gasteiger partial charge < -0.3 is 9.47 Å². The third-order valence-corrected chi connectivity index (χ3v) is 7.41. The molecule has 0 bridgehead atoms. The molecule has 0 saturated carbocycles. The van der Waals surface area contributed by atoms with Crippen molar-refractivity contribution in [1.29, 1.82) is 0 Å². The molecule has 0 radical (unpaired) electrons. The Labute approximate surface area is 218 Å². The number of methoxy groups -OCH3 is 2. The molecule has 3 aromatic rings. The van der Waals surface area contributed by atoms with Crippen molar-refractivity contribution in [1.82, 2.24) is 9.73 Å². The van der Waals surface area contributed by atoms with E-state index in [1.165, 1.54) is 56.8 Å². The summed E-state index contributed by atoms with van der Waals surface area (Å²) >= 11 is 12.0. The van der Waals surface area contributed by atoms with Crippen molar-refractivity contribution in [2.75, 3.05) is 20.8 Å². The lowest BCUT2D eigenvalue weighted by Crippen LogP contribution is -2.39. The van der Waals surface area contributed by atoms with Gasteiger partial charge in [0, 0.05) is 27.7 Å². The van der Waals surface area contributed by atoms with Crippen molar-refractivity contribution < 1.29 is 27.1 Å². The number of halogens is 3. The third-order valence-electron chi connectivity index (χ3n) is 5.00. The number of ether oxygens (including phenoxy) is 2. The van der Waals surface area contributed by atoms with Gasteiger partial charge in [0.1, 0.15) is 17.3 Å². The van der Waals surface area contributed by atoms with Crippen LogP contribution >= 0.6 is 23.2 Å². The lowest BCUT2D eigenvalue weighted by Gasteiger charge is -2.22. The average Bonchev–Trinajstić information content (AvgIpc) is 2.85. The molecule has 8 nitrogen and oxygen atoms in total. The minimum absolute atomic E-state index is 0.0230. The van der Waals surface area contributed by atoms with Gasteiger partial charge in [-0.15, -0.1) is 0 Å². The molecule has 0 aromatic heterocycles. The first-order chi connectivity index (χ1) is 17.1. The predicted molar refractivity (Wildman–Crippen MR) is 136 cm³/mol. The van der Waals surface area contributed by atoms with Crippen LogP contribution in [0.5, 0.6) is 11.5 Å². The van der Waals surface area contributed by atoms with E-state index in [-0.39, 0.29) is 15.5 Å². The van der Waals surface area contributed by atoms with Crippen LogP contribution in [0.4, 0.5) is 4.39 Å². The van der Waals surface area contributed by atoms with Crippen LogP contribution in [-0.2, 0) is 21.4 Å². The van der Waals surface area contributed by atoms with E-state index in [1.807, 2.05) is 0 Å². The molecule has 0 saturated heterocycles. The molecule has 0 unspecified atom stereocenters. The van der Waals surface area contributed by atoms with Crippen LogP contribution in [0, 0.1) is 5.82 Å². The first-order valence-electron chi connectivity index (χ1n) is 10.4. The fraction of sp³-hybridized carbons (Fsp3) is 0.167. The number of hydrogen-bond donors (Lipinski definition) is 1. The van der Waals surface area contributed by atoms with E-state index in [2.05, 4.69) is 10.5 Å². The first-order valence-corrected chi connectivity index (χ1v) is 12.6. The molecule has 36 heavy (non-hydrogen) atoms. The minimum atomic E-state index is -4.24. The van der Waals surface area contributed by atoms with Gasteiger partial charge >= 0.3 is 0 Å². The van der Waals surface area contributed by atoms with E-state index in [0.717, 1.165) is 10.4 Å². The number of benzene rings is 3. The van der Waals surface area contributed by atoms with Crippen LogP contribution in [0.25, 0.3) is 0 Å².